The van der Waals surface area contributed by atoms with E-state index in [0.29, 0.717) is 16.5 Å². The van der Waals surface area contributed by atoms with Gasteiger partial charge in [0, 0.05) is 15.6 Å². The second kappa shape index (κ2) is 5.84. The highest BCUT2D eigenvalue weighted by Crippen LogP contribution is 2.29. The van der Waals surface area contributed by atoms with E-state index in [9.17, 15) is 8.42 Å². The van der Waals surface area contributed by atoms with E-state index in [2.05, 4.69) is 25.5 Å². The molecular formula is C14H21Cl2NO2S. The summed E-state index contributed by atoms with van der Waals surface area (Å²) >= 11 is 11.7. The minimum absolute atomic E-state index is 0.0119. The van der Waals surface area contributed by atoms with Crippen molar-refractivity contribution >= 4 is 33.2 Å². The first-order chi connectivity index (χ1) is 8.81. The van der Waals surface area contributed by atoms with Crippen LogP contribution in [0.4, 0.5) is 0 Å². The molecule has 114 valence electrons. The summed E-state index contributed by atoms with van der Waals surface area (Å²) in [4.78, 5) is 0.0805. The van der Waals surface area contributed by atoms with E-state index < -0.39 is 15.6 Å². The van der Waals surface area contributed by atoms with Gasteiger partial charge in [0.1, 0.15) is 0 Å². The van der Waals surface area contributed by atoms with Gasteiger partial charge in [-0.05, 0) is 43.9 Å². The number of halogens is 2. The van der Waals surface area contributed by atoms with Crippen LogP contribution in [0.2, 0.25) is 10.0 Å². The Balaban J connectivity index is 3.06. The molecule has 0 aliphatic carbocycles. The van der Waals surface area contributed by atoms with Crippen molar-refractivity contribution in [2.45, 2.75) is 51.5 Å². The molecule has 0 heterocycles. The van der Waals surface area contributed by atoms with Crippen molar-refractivity contribution in [3.8, 4) is 0 Å². The first-order valence-corrected chi connectivity index (χ1v) is 8.55. The second-order valence-corrected chi connectivity index (χ2v) is 9.39. The van der Waals surface area contributed by atoms with E-state index >= 15 is 0 Å². The van der Waals surface area contributed by atoms with Crippen molar-refractivity contribution in [2.24, 2.45) is 5.41 Å². The first kappa shape index (κ1) is 17.8. The highest BCUT2D eigenvalue weighted by atomic mass is 35.5. The number of hydrogen-bond acceptors (Lipinski definition) is 2. The van der Waals surface area contributed by atoms with Crippen molar-refractivity contribution in [3.05, 3.63) is 28.2 Å². The Hall–Kier alpha value is -0.290. The van der Waals surface area contributed by atoms with Crippen LogP contribution in [0.5, 0.6) is 0 Å². The van der Waals surface area contributed by atoms with Gasteiger partial charge in [0.25, 0.3) is 0 Å². The third kappa shape index (κ3) is 5.60. The van der Waals surface area contributed by atoms with E-state index in [-0.39, 0.29) is 10.3 Å². The summed E-state index contributed by atoms with van der Waals surface area (Å²) in [5.41, 5.74) is -0.552. The minimum Gasteiger partial charge on any atom is -0.207 e. The van der Waals surface area contributed by atoms with E-state index in [1.165, 1.54) is 18.2 Å². The first-order valence-electron chi connectivity index (χ1n) is 6.31. The molecule has 0 bridgehead atoms. The fourth-order valence-corrected chi connectivity index (χ4v) is 4.61. The lowest BCUT2D eigenvalue weighted by atomic mass is 9.82. The third-order valence-electron chi connectivity index (χ3n) is 2.53. The van der Waals surface area contributed by atoms with E-state index in [0.717, 1.165) is 0 Å². The molecule has 0 fully saturated rings. The summed E-state index contributed by atoms with van der Waals surface area (Å²) in [6, 6.07) is 4.29. The van der Waals surface area contributed by atoms with Crippen molar-refractivity contribution < 1.29 is 8.42 Å². The molecular weight excluding hydrogens is 317 g/mol. The smallest absolute Gasteiger partial charge is 0.207 e. The van der Waals surface area contributed by atoms with Gasteiger partial charge in [0.15, 0.2) is 0 Å². The van der Waals surface area contributed by atoms with Gasteiger partial charge in [-0.25, -0.2) is 13.1 Å². The zero-order chi connectivity index (χ0) is 15.8. The summed E-state index contributed by atoms with van der Waals surface area (Å²) in [7, 11) is -3.65. The van der Waals surface area contributed by atoms with Gasteiger partial charge < -0.3 is 0 Å². The van der Waals surface area contributed by atoms with Crippen LogP contribution in [0.25, 0.3) is 0 Å². The molecule has 0 radical (unpaired) electrons. The van der Waals surface area contributed by atoms with Crippen LogP contribution in [0.1, 0.15) is 41.0 Å². The number of sulfonamides is 1. The lowest BCUT2D eigenvalue weighted by molar-refractivity contribution is 0.269. The molecule has 1 aromatic rings. The van der Waals surface area contributed by atoms with Crippen LogP contribution >= 0.6 is 23.2 Å². The number of rotatable bonds is 4. The molecule has 20 heavy (non-hydrogen) atoms. The lowest BCUT2D eigenvalue weighted by Crippen LogP contribution is -2.45. The van der Waals surface area contributed by atoms with Crippen LogP contribution in [-0.4, -0.2) is 14.0 Å². The lowest BCUT2D eigenvalue weighted by Gasteiger charge is -2.33. The molecule has 0 atom stereocenters. The summed E-state index contributed by atoms with van der Waals surface area (Å²) in [5.74, 6) is 0. The molecule has 0 unspecified atom stereocenters. The zero-order valence-electron chi connectivity index (χ0n) is 12.4. The fraction of sp³-hybridized carbons (Fsp3) is 0.571. The van der Waals surface area contributed by atoms with E-state index in [4.69, 9.17) is 23.2 Å². The van der Waals surface area contributed by atoms with Gasteiger partial charge >= 0.3 is 0 Å². The third-order valence-corrected chi connectivity index (χ3v) is 4.64. The largest absolute Gasteiger partial charge is 0.241 e. The molecule has 3 nitrogen and oxygen atoms in total. The molecule has 1 N–H and O–H groups in total. The van der Waals surface area contributed by atoms with Crippen LogP contribution in [0.15, 0.2) is 23.1 Å². The van der Waals surface area contributed by atoms with Gasteiger partial charge in [-0.2, -0.15) is 0 Å². The average Bonchev–Trinajstić information content (AvgIpc) is 2.09. The zero-order valence-corrected chi connectivity index (χ0v) is 14.7. The Morgan fingerprint density at radius 1 is 1.00 bits per heavy atom. The maximum atomic E-state index is 12.4. The Bertz CT molecular complexity index is 569. The standard InChI is InChI=1S/C14H21Cl2NO2S/c1-13(2,3)9-14(4,5)17-20(18,19)12-7-10(15)6-11(16)8-12/h6-8,17H,9H2,1-5H3. The van der Waals surface area contributed by atoms with Gasteiger partial charge in [-0.15, -0.1) is 0 Å². The van der Waals surface area contributed by atoms with Crippen LogP contribution in [0, 0.1) is 5.41 Å². The Morgan fingerprint density at radius 3 is 1.85 bits per heavy atom. The van der Waals surface area contributed by atoms with Gasteiger partial charge in [0.2, 0.25) is 10.0 Å². The SMILES string of the molecule is CC(C)(C)CC(C)(C)NS(=O)(=O)c1cc(Cl)cc(Cl)c1. The molecule has 0 aliphatic heterocycles. The van der Waals surface area contributed by atoms with Gasteiger partial charge in [-0.1, -0.05) is 44.0 Å². The minimum atomic E-state index is -3.65. The average molecular weight is 338 g/mol. The Kier molecular flexibility index (Phi) is 5.18. The van der Waals surface area contributed by atoms with Crippen LogP contribution in [-0.2, 0) is 10.0 Å². The molecule has 6 heteroatoms. The predicted octanol–water partition coefficient (Wildman–Crippen LogP) is 4.49. The molecule has 0 saturated heterocycles. The van der Waals surface area contributed by atoms with Crippen molar-refractivity contribution in [1.82, 2.24) is 4.72 Å². The fourth-order valence-electron chi connectivity index (χ4n) is 2.47. The maximum Gasteiger partial charge on any atom is 0.241 e. The quantitative estimate of drug-likeness (QED) is 0.879. The molecule has 0 spiro atoms. The number of benzene rings is 1. The molecule has 1 aromatic carbocycles. The number of hydrogen-bond donors (Lipinski definition) is 1. The van der Waals surface area contributed by atoms with Crippen molar-refractivity contribution in [3.63, 3.8) is 0 Å². The highest BCUT2D eigenvalue weighted by Gasteiger charge is 2.30. The Labute approximate surface area is 131 Å². The van der Waals surface area contributed by atoms with Gasteiger partial charge in [-0.3, -0.25) is 0 Å². The molecule has 0 aromatic heterocycles. The summed E-state index contributed by atoms with van der Waals surface area (Å²) < 4.78 is 27.5. The molecule has 0 aliphatic rings. The highest BCUT2D eigenvalue weighted by molar-refractivity contribution is 7.89. The predicted molar refractivity (Wildman–Crippen MR) is 84.9 cm³/mol. The normalized spacial score (nSPS) is 13.6. The van der Waals surface area contributed by atoms with Gasteiger partial charge in [0.05, 0.1) is 4.90 Å². The maximum absolute atomic E-state index is 12.4. The second-order valence-electron chi connectivity index (χ2n) is 6.83. The van der Waals surface area contributed by atoms with Crippen molar-refractivity contribution in [1.29, 1.82) is 0 Å². The number of nitrogens with one attached hydrogen (secondary N) is 1. The summed E-state index contributed by atoms with van der Waals surface area (Å²) in [5, 5.41) is 0.595. The monoisotopic (exact) mass is 337 g/mol. The van der Waals surface area contributed by atoms with E-state index in [1.807, 2.05) is 13.8 Å². The summed E-state index contributed by atoms with van der Waals surface area (Å²) in [6.45, 7) is 9.93. The van der Waals surface area contributed by atoms with E-state index in [1.54, 1.807) is 0 Å². The topological polar surface area (TPSA) is 46.2 Å². The van der Waals surface area contributed by atoms with Crippen LogP contribution in [0.3, 0.4) is 0 Å². The Morgan fingerprint density at radius 2 is 1.45 bits per heavy atom. The molecule has 0 saturated carbocycles. The molecule has 1 rings (SSSR count). The van der Waals surface area contributed by atoms with Crippen LogP contribution < -0.4 is 4.72 Å². The summed E-state index contributed by atoms with van der Waals surface area (Å²) in [6.07, 6.45) is 0.702. The molecule has 0 amide bonds. The van der Waals surface area contributed by atoms with Crippen molar-refractivity contribution in [2.75, 3.05) is 0 Å².